The lowest BCUT2D eigenvalue weighted by atomic mass is 10.0. The second-order valence-electron chi connectivity index (χ2n) is 4.23. The number of benzene rings is 1. The van der Waals surface area contributed by atoms with Gasteiger partial charge >= 0.3 is 0 Å². The fourth-order valence-corrected chi connectivity index (χ4v) is 1.96. The molecular weight excluding hydrogens is 294 g/mol. The first kappa shape index (κ1) is 13.2. The number of rotatable bonds is 5. The third-order valence-corrected chi connectivity index (χ3v) is 3.47. The topological polar surface area (TPSA) is 64.9 Å². The Morgan fingerprint density at radius 3 is 2.67 bits per heavy atom. The first-order valence-corrected chi connectivity index (χ1v) is 6.80. The Hall–Kier alpha value is -1.20. The van der Waals surface area contributed by atoms with Crippen LogP contribution in [0, 0.1) is 5.92 Å². The van der Waals surface area contributed by atoms with E-state index in [0.29, 0.717) is 24.2 Å². The molecule has 0 spiro atoms. The molecule has 0 saturated carbocycles. The highest BCUT2D eigenvalue weighted by Crippen LogP contribution is 2.20. The highest BCUT2D eigenvalue weighted by Gasteiger charge is 2.12. The molecule has 18 heavy (non-hydrogen) atoms. The molecule has 0 amide bonds. The van der Waals surface area contributed by atoms with Gasteiger partial charge in [-0.15, -0.1) is 0 Å². The maximum atomic E-state index is 5.67. The van der Waals surface area contributed by atoms with Gasteiger partial charge in [-0.05, 0) is 36.7 Å². The van der Waals surface area contributed by atoms with Crippen molar-refractivity contribution >= 4 is 15.9 Å². The van der Waals surface area contributed by atoms with E-state index in [9.17, 15) is 0 Å². The van der Waals surface area contributed by atoms with Crippen LogP contribution in [0.4, 0.5) is 0 Å². The maximum Gasteiger partial charge on any atom is 0.227 e. The third-order valence-electron chi connectivity index (χ3n) is 2.94. The van der Waals surface area contributed by atoms with Gasteiger partial charge in [0.1, 0.15) is 0 Å². The van der Waals surface area contributed by atoms with Crippen LogP contribution in [0.1, 0.15) is 19.2 Å². The number of hydrogen-bond acceptors (Lipinski definition) is 4. The van der Waals surface area contributed by atoms with Crippen molar-refractivity contribution in [1.29, 1.82) is 0 Å². The average molecular weight is 310 g/mol. The van der Waals surface area contributed by atoms with Crippen LogP contribution in [0.2, 0.25) is 0 Å². The lowest BCUT2D eigenvalue weighted by Crippen LogP contribution is -2.15. The lowest BCUT2D eigenvalue weighted by molar-refractivity contribution is 0.350. The Morgan fingerprint density at radius 1 is 1.33 bits per heavy atom. The summed E-state index contributed by atoms with van der Waals surface area (Å²) in [6, 6.07) is 7.83. The minimum atomic E-state index is 0.406. The molecule has 0 saturated heterocycles. The van der Waals surface area contributed by atoms with Crippen molar-refractivity contribution in [1.82, 2.24) is 10.1 Å². The van der Waals surface area contributed by atoms with E-state index >= 15 is 0 Å². The van der Waals surface area contributed by atoms with Crippen LogP contribution in [-0.4, -0.2) is 16.7 Å². The normalized spacial score (nSPS) is 12.6. The van der Waals surface area contributed by atoms with Crippen molar-refractivity contribution in [2.45, 2.75) is 19.8 Å². The van der Waals surface area contributed by atoms with E-state index in [1.54, 1.807) is 0 Å². The smallest absolute Gasteiger partial charge is 0.227 e. The van der Waals surface area contributed by atoms with Crippen molar-refractivity contribution in [2.75, 3.05) is 6.54 Å². The van der Waals surface area contributed by atoms with Crippen LogP contribution < -0.4 is 5.73 Å². The first-order valence-electron chi connectivity index (χ1n) is 6.01. The largest absolute Gasteiger partial charge is 0.339 e. The number of halogens is 1. The van der Waals surface area contributed by atoms with Crippen molar-refractivity contribution in [3.63, 3.8) is 0 Å². The number of aromatic nitrogens is 2. The molecule has 5 heteroatoms. The summed E-state index contributed by atoms with van der Waals surface area (Å²) in [7, 11) is 0. The molecule has 0 fully saturated rings. The minimum absolute atomic E-state index is 0.406. The first-order chi connectivity index (χ1) is 8.72. The van der Waals surface area contributed by atoms with Crippen LogP contribution >= 0.6 is 15.9 Å². The van der Waals surface area contributed by atoms with E-state index in [1.165, 1.54) is 0 Å². The predicted molar refractivity (Wildman–Crippen MR) is 74.0 cm³/mol. The van der Waals surface area contributed by atoms with E-state index < -0.39 is 0 Å². The molecule has 0 aliphatic rings. The summed E-state index contributed by atoms with van der Waals surface area (Å²) in [6.07, 6.45) is 1.77. The molecule has 96 valence electrons. The number of nitrogens with zero attached hydrogens (tertiary/aromatic N) is 2. The zero-order chi connectivity index (χ0) is 13.0. The van der Waals surface area contributed by atoms with Crippen LogP contribution in [0.25, 0.3) is 11.4 Å². The molecule has 0 bridgehead atoms. The van der Waals surface area contributed by atoms with Crippen molar-refractivity contribution in [3.8, 4) is 11.4 Å². The standard InChI is InChI=1S/C13H16BrN3O/c1-2-9(8-15)7-12-16-13(17-18-12)10-3-5-11(14)6-4-10/h3-6,9H,2,7-8,15H2,1H3. The van der Waals surface area contributed by atoms with Gasteiger partial charge in [-0.25, -0.2) is 0 Å². The van der Waals surface area contributed by atoms with Gasteiger partial charge in [-0.3, -0.25) is 0 Å². The molecular formula is C13H16BrN3O. The molecule has 0 aliphatic carbocycles. The number of nitrogens with two attached hydrogens (primary N) is 1. The minimum Gasteiger partial charge on any atom is -0.339 e. The molecule has 1 heterocycles. The summed E-state index contributed by atoms with van der Waals surface area (Å²) in [5, 5.41) is 4.00. The van der Waals surface area contributed by atoms with E-state index in [-0.39, 0.29) is 0 Å². The fraction of sp³-hybridized carbons (Fsp3) is 0.385. The average Bonchev–Trinajstić information content (AvgIpc) is 2.85. The molecule has 1 unspecified atom stereocenters. The van der Waals surface area contributed by atoms with Crippen LogP contribution in [0.5, 0.6) is 0 Å². The van der Waals surface area contributed by atoms with Crippen molar-refractivity contribution in [2.24, 2.45) is 11.7 Å². The second kappa shape index (κ2) is 6.11. The van der Waals surface area contributed by atoms with Gasteiger partial charge in [0.15, 0.2) is 0 Å². The lowest BCUT2D eigenvalue weighted by Gasteiger charge is -2.07. The molecule has 1 atom stereocenters. The molecule has 2 N–H and O–H groups in total. The highest BCUT2D eigenvalue weighted by atomic mass is 79.9. The Morgan fingerprint density at radius 2 is 2.06 bits per heavy atom. The van der Waals surface area contributed by atoms with Crippen LogP contribution in [-0.2, 0) is 6.42 Å². The summed E-state index contributed by atoms with van der Waals surface area (Å²) in [6.45, 7) is 2.76. The number of hydrogen-bond donors (Lipinski definition) is 1. The molecule has 2 aromatic rings. The summed E-state index contributed by atoms with van der Waals surface area (Å²) in [5.41, 5.74) is 6.62. The van der Waals surface area contributed by atoms with Gasteiger partial charge in [0.2, 0.25) is 11.7 Å². The molecule has 0 radical (unpaired) electrons. The predicted octanol–water partition coefficient (Wildman–Crippen LogP) is 3.03. The SMILES string of the molecule is CCC(CN)Cc1nc(-c2ccc(Br)cc2)no1. The molecule has 0 aliphatic heterocycles. The van der Waals surface area contributed by atoms with Gasteiger partial charge < -0.3 is 10.3 Å². The van der Waals surface area contributed by atoms with Crippen LogP contribution in [0.3, 0.4) is 0 Å². The van der Waals surface area contributed by atoms with E-state index in [4.69, 9.17) is 10.3 Å². The van der Waals surface area contributed by atoms with Gasteiger partial charge in [-0.1, -0.05) is 34.4 Å². The second-order valence-corrected chi connectivity index (χ2v) is 5.15. The Labute approximate surface area is 115 Å². The van der Waals surface area contributed by atoms with Crippen molar-refractivity contribution < 1.29 is 4.52 Å². The molecule has 2 rings (SSSR count). The Balaban J connectivity index is 2.12. The molecule has 4 nitrogen and oxygen atoms in total. The van der Waals surface area contributed by atoms with Crippen LogP contribution in [0.15, 0.2) is 33.3 Å². The molecule has 1 aromatic heterocycles. The maximum absolute atomic E-state index is 5.67. The summed E-state index contributed by atoms with van der Waals surface area (Å²) >= 11 is 3.40. The van der Waals surface area contributed by atoms with Crippen molar-refractivity contribution in [3.05, 3.63) is 34.6 Å². The highest BCUT2D eigenvalue weighted by molar-refractivity contribution is 9.10. The van der Waals surface area contributed by atoms with Gasteiger partial charge in [0.25, 0.3) is 0 Å². The fourth-order valence-electron chi connectivity index (χ4n) is 1.70. The quantitative estimate of drug-likeness (QED) is 0.922. The van der Waals surface area contributed by atoms with Gasteiger partial charge in [0.05, 0.1) is 0 Å². The third kappa shape index (κ3) is 3.17. The van der Waals surface area contributed by atoms with Gasteiger partial charge in [-0.2, -0.15) is 4.98 Å². The molecule has 1 aromatic carbocycles. The monoisotopic (exact) mass is 309 g/mol. The van der Waals surface area contributed by atoms with E-state index in [1.807, 2.05) is 24.3 Å². The Bertz CT molecular complexity index is 491. The van der Waals surface area contributed by atoms with E-state index in [2.05, 4.69) is 33.0 Å². The summed E-state index contributed by atoms with van der Waals surface area (Å²) < 4.78 is 6.29. The Kier molecular flexibility index (Phi) is 4.49. The zero-order valence-corrected chi connectivity index (χ0v) is 11.9. The van der Waals surface area contributed by atoms with Gasteiger partial charge in [0, 0.05) is 16.5 Å². The summed E-state index contributed by atoms with van der Waals surface area (Å²) in [4.78, 5) is 4.40. The zero-order valence-electron chi connectivity index (χ0n) is 10.3. The summed E-state index contributed by atoms with van der Waals surface area (Å²) in [5.74, 6) is 1.69. The van der Waals surface area contributed by atoms with E-state index in [0.717, 1.165) is 22.9 Å².